The monoisotopic (exact) mass is 441 g/mol. The number of amidine groups is 1. The average molecular weight is 442 g/mol. The van der Waals surface area contributed by atoms with Crippen LogP contribution in [0.5, 0.6) is 0 Å². The third-order valence-corrected chi connectivity index (χ3v) is 6.90. The number of nitrogens with two attached hydrogens (primary N) is 1. The van der Waals surface area contributed by atoms with Crippen molar-refractivity contribution in [2.75, 3.05) is 13.1 Å². The van der Waals surface area contributed by atoms with Crippen molar-refractivity contribution >= 4 is 17.7 Å². The Morgan fingerprint density at radius 2 is 2.03 bits per heavy atom. The van der Waals surface area contributed by atoms with Gasteiger partial charge in [-0.3, -0.25) is 4.99 Å². The molecule has 3 aliphatic heterocycles. The van der Waals surface area contributed by atoms with E-state index in [4.69, 9.17) is 5.73 Å². The van der Waals surface area contributed by atoms with Crippen LogP contribution < -0.4 is 5.73 Å². The van der Waals surface area contributed by atoms with E-state index in [0.29, 0.717) is 31.3 Å². The summed E-state index contributed by atoms with van der Waals surface area (Å²) >= 11 is 0. The minimum absolute atomic E-state index is 0.0660. The van der Waals surface area contributed by atoms with Crippen LogP contribution >= 0.6 is 0 Å². The molecule has 0 radical (unpaired) electrons. The molecular weight excluding hydrogens is 408 g/mol. The van der Waals surface area contributed by atoms with Crippen molar-refractivity contribution < 1.29 is 8.87 Å². The van der Waals surface area contributed by atoms with Crippen LogP contribution in [0, 0.1) is 11.7 Å². The molecule has 4 rings (SSSR count). The Morgan fingerprint density at radius 3 is 2.72 bits per heavy atom. The van der Waals surface area contributed by atoms with Gasteiger partial charge in [0.25, 0.3) is 0 Å². The lowest BCUT2D eigenvalue weighted by Crippen LogP contribution is -2.43. The lowest BCUT2D eigenvalue weighted by atomic mass is 9.82. The molecule has 4 unspecified atom stereocenters. The first-order valence-electron chi connectivity index (χ1n) is 11.5. The summed E-state index contributed by atoms with van der Waals surface area (Å²) in [6, 6.07) is 4.75. The smallest absolute Gasteiger partial charge is 0.154 e. The van der Waals surface area contributed by atoms with Gasteiger partial charge in [0.05, 0.1) is 12.6 Å². The molecule has 0 saturated carbocycles. The highest BCUT2D eigenvalue weighted by molar-refractivity contribution is 6.07. The summed E-state index contributed by atoms with van der Waals surface area (Å²) in [4.78, 5) is 11.0. The third-order valence-electron chi connectivity index (χ3n) is 6.90. The quantitative estimate of drug-likeness (QED) is 0.661. The van der Waals surface area contributed by atoms with E-state index < -0.39 is 0 Å². The summed E-state index contributed by atoms with van der Waals surface area (Å²) < 4.78 is 28.6. The zero-order valence-corrected chi connectivity index (χ0v) is 19.2. The standard InChI is InChI=1S/C25H33F2N5/c1-5-21-10-18(8-16(3)32(21)27)9-19-11-20(26)6-7-22(19)17(4)31-13-23(24(28)14-31)25-29-12-15(2)30-25/h6-7,11-12,15-16,18,21H,4-5,8-10,13-14,28H2,1-3H3. The Kier molecular flexibility index (Phi) is 6.47. The van der Waals surface area contributed by atoms with Crippen molar-refractivity contribution in [2.45, 2.75) is 64.6 Å². The maximum Gasteiger partial charge on any atom is 0.154 e. The Balaban J connectivity index is 1.52. The van der Waals surface area contributed by atoms with Crippen molar-refractivity contribution in [1.82, 2.24) is 10.0 Å². The molecule has 172 valence electrons. The highest BCUT2D eigenvalue weighted by Crippen LogP contribution is 2.35. The van der Waals surface area contributed by atoms with E-state index in [0.717, 1.165) is 52.5 Å². The molecule has 3 aliphatic rings. The minimum atomic E-state index is -0.261. The zero-order valence-electron chi connectivity index (χ0n) is 19.2. The molecule has 0 aliphatic carbocycles. The van der Waals surface area contributed by atoms with Crippen LogP contribution in [0.15, 0.2) is 46.0 Å². The van der Waals surface area contributed by atoms with Gasteiger partial charge in [0.15, 0.2) is 5.84 Å². The number of hydrogen-bond acceptors (Lipinski definition) is 5. The summed E-state index contributed by atoms with van der Waals surface area (Å²) in [6.07, 6.45) is 4.83. The van der Waals surface area contributed by atoms with Gasteiger partial charge in [-0.1, -0.05) is 13.5 Å². The lowest BCUT2D eigenvalue weighted by molar-refractivity contribution is -0.0976. The van der Waals surface area contributed by atoms with Gasteiger partial charge in [0.2, 0.25) is 0 Å². The SMILES string of the molecule is C=C(c1ccc(F)cc1CC1CC(C)N(F)C(CC)C1)N1CC(N)=C(C2=NC(C)C=N2)C1. The van der Waals surface area contributed by atoms with E-state index >= 15 is 0 Å². The molecular formula is C25H33F2N5. The van der Waals surface area contributed by atoms with Gasteiger partial charge in [-0.15, -0.1) is 9.60 Å². The predicted octanol–water partition coefficient (Wildman–Crippen LogP) is 4.50. The molecule has 0 bridgehead atoms. The fourth-order valence-corrected chi connectivity index (χ4v) is 5.17. The van der Waals surface area contributed by atoms with E-state index in [1.807, 2.05) is 27.0 Å². The second kappa shape index (κ2) is 9.14. The van der Waals surface area contributed by atoms with Crippen molar-refractivity contribution in [3.63, 3.8) is 0 Å². The molecule has 0 spiro atoms. The van der Waals surface area contributed by atoms with Crippen molar-refractivity contribution in [3.05, 3.63) is 53.0 Å². The maximum atomic E-state index is 14.4. The zero-order chi connectivity index (χ0) is 23.0. The van der Waals surface area contributed by atoms with Crippen LogP contribution in [0.4, 0.5) is 8.87 Å². The largest absolute Gasteiger partial charge is 0.400 e. The number of nitrogens with zero attached hydrogens (tertiary/aromatic N) is 4. The number of aliphatic imine (C=N–C) groups is 2. The molecule has 1 fully saturated rings. The van der Waals surface area contributed by atoms with E-state index in [-0.39, 0.29) is 23.9 Å². The lowest BCUT2D eigenvalue weighted by Gasteiger charge is -2.38. The molecule has 1 aromatic rings. The van der Waals surface area contributed by atoms with Crippen LogP contribution in [-0.4, -0.2) is 53.3 Å². The van der Waals surface area contributed by atoms with E-state index in [9.17, 15) is 8.87 Å². The summed E-state index contributed by atoms with van der Waals surface area (Å²) in [6.45, 7) is 11.4. The highest BCUT2D eigenvalue weighted by atomic mass is 19.2. The fourth-order valence-electron chi connectivity index (χ4n) is 5.17. The molecule has 4 atom stereocenters. The van der Waals surface area contributed by atoms with E-state index in [2.05, 4.69) is 21.5 Å². The first kappa shape index (κ1) is 22.6. The average Bonchev–Trinajstić information content (AvgIpc) is 3.35. The molecule has 0 amide bonds. The molecule has 5 nitrogen and oxygen atoms in total. The van der Waals surface area contributed by atoms with Crippen LogP contribution in [0.25, 0.3) is 5.70 Å². The normalized spacial score (nSPS) is 28.5. The summed E-state index contributed by atoms with van der Waals surface area (Å²) in [5.41, 5.74) is 10.7. The molecule has 1 aromatic carbocycles. The summed E-state index contributed by atoms with van der Waals surface area (Å²) in [7, 11) is 0. The highest BCUT2D eigenvalue weighted by Gasteiger charge is 2.34. The fraction of sp³-hybridized carbons (Fsp3) is 0.520. The first-order valence-corrected chi connectivity index (χ1v) is 11.5. The molecule has 2 N–H and O–H groups in total. The number of piperidine rings is 1. The Morgan fingerprint density at radius 1 is 1.25 bits per heavy atom. The number of halogens is 2. The molecule has 3 heterocycles. The Hall–Kier alpha value is -2.54. The van der Waals surface area contributed by atoms with Gasteiger partial charge < -0.3 is 10.6 Å². The van der Waals surface area contributed by atoms with Crippen molar-refractivity contribution in [3.8, 4) is 0 Å². The summed E-state index contributed by atoms with van der Waals surface area (Å²) in [5.74, 6) is 0.737. The van der Waals surface area contributed by atoms with Gasteiger partial charge >= 0.3 is 0 Å². The maximum absolute atomic E-state index is 14.4. The van der Waals surface area contributed by atoms with E-state index in [1.54, 1.807) is 12.1 Å². The Bertz CT molecular complexity index is 983. The molecule has 7 heteroatoms. The first-order chi connectivity index (χ1) is 15.3. The third kappa shape index (κ3) is 4.49. The van der Waals surface area contributed by atoms with Crippen LogP contribution in [0.2, 0.25) is 0 Å². The van der Waals surface area contributed by atoms with Gasteiger partial charge in [0.1, 0.15) is 5.82 Å². The molecule has 0 aromatic heterocycles. The predicted molar refractivity (Wildman–Crippen MR) is 127 cm³/mol. The Labute approximate surface area is 189 Å². The van der Waals surface area contributed by atoms with E-state index in [1.165, 1.54) is 6.07 Å². The minimum Gasteiger partial charge on any atom is -0.400 e. The topological polar surface area (TPSA) is 57.2 Å². The van der Waals surface area contributed by atoms with Gasteiger partial charge in [0, 0.05) is 47.4 Å². The van der Waals surface area contributed by atoms with Crippen LogP contribution in [0.3, 0.4) is 0 Å². The molecule has 32 heavy (non-hydrogen) atoms. The summed E-state index contributed by atoms with van der Waals surface area (Å²) in [5, 5.41) is 0.997. The number of rotatable bonds is 6. The van der Waals surface area contributed by atoms with Gasteiger partial charge in [-0.05, 0) is 69.2 Å². The molecule has 1 saturated heterocycles. The van der Waals surface area contributed by atoms with Gasteiger partial charge in [-0.25, -0.2) is 9.38 Å². The van der Waals surface area contributed by atoms with Crippen LogP contribution in [0.1, 0.15) is 51.2 Å². The second-order valence-corrected chi connectivity index (χ2v) is 9.38. The van der Waals surface area contributed by atoms with Gasteiger partial charge in [-0.2, -0.15) is 0 Å². The number of benzene rings is 1. The second-order valence-electron chi connectivity index (χ2n) is 9.38. The van der Waals surface area contributed by atoms with Crippen LogP contribution in [-0.2, 0) is 6.42 Å². The number of hydrogen-bond donors (Lipinski definition) is 1. The van der Waals surface area contributed by atoms with Crippen molar-refractivity contribution in [2.24, 2.45) is 21.6 Å². The van der Waals surface area contributed by atoms with Crippen molar-refractivity contribution in [1.29, 1.82) is 0 Å².